The molecule has 3 aromatic carbocycles. The number of carbonyl (C=O) groups is 1. The zero-order chi connectivity index (χ0) is 22.8. The number of nitrogens with zero attached hydrogens (tertiary/aromatic N) is 2. The van der Waals surface area contributed by atoms with Crippen molar-refractivity contribution in [3.63, 3.8) is 0 Å². The van der Waals surface area contributed by atoms with E-state index in [1.165, 1.54) is 12.1 Å². The maximum Gasteiger partial charge on any atom is 0.322 e. The van der Waals surface area contributed by atoms with Crippen LogP contribution >= 0.6 is 0 Å². The Hall–Kier alpha value is -4.06. The van der Waals surface area contributed by atoms with Crippen LogP contribution in [-0.2, 0) is 6.54 Å². The van der Waals surface area contributed by atoms with E-state index in [0.717, 1.165) is 28.3 Å². The molecule has 4 aromatic rings. The highest BCUT2D eigenvalue weighted by Crippen LogP contribution is 2.37. The minimum Gasteiger partial charge on any atom is -0.494 e. The summed E-state index contributed by atoms with van der Waals surface area (Å²) >= 11 is 0. The molecular formula is C27H24FN3O2. The lowest BCUT2D eigenvalue weighted by atomic mass is 10.0. The maximum absolute atomic E-state index is 13.6. The Bertz CT molecular complexity index is 1270. The highest BCUT2D eigenvalue weighted by molar-refractivity contribution is 5.90. The third kappa shape index (κ3) is 4.07. The number of carbonyl (C=O) groups excluding carboxylic acids is 1. The highest BCUT2D eigenvalue weighted by atomic mass is 19.1. The van der Waals surface area contributed by atoms with Crippen LogP contribution in [0.3, 0.4) is 0 Å². The van der Waals surface area contributed by atoms with Crippen LogP contribution < -0.4 is 10.1 Å². The van der Waals surface area contributed by atoms with Crippen molar-refractivity contribution in [1.82, 2.24) is 9.47 Å². The summed E-state index contributed by atoms with van der Waals surface area (Å²) in [4.78, 5) is 15.4. The first kappa shape index (κ1) is 20.8. The van der Waals surface area contributed by atoms with Crippen LogP contribution in [0.1, 0.15) is 29.8 Å². The quantitative estimate of drug-likeness (QED) is 0.413. The Balaban J connectivity index is 1.59. The molecule has 0 fully saturated rings. The van der Waals surface area contributed by atoms with Crippen molar-refractivity contribution in [2.24, 2.45) is 0 Å². The Kier molecular flexibility index (Phi) is 5.57. The molecule has 6 heteroatoms. The second-order valence-electron chi connectivity index (χ2n) is 7.90. The van der Waals surface area contributed by atoms with Crippen LogP contribution in [0, 0.1) is 5.82 Å². The van der Waals surface area contributed by atoms with E-state index in [-0.39, 0.29) is 17.9 Å². The number of aromatic nitrogens is 1. The van der Waals surface area contributed by atoms with E-state index < -0.39 is 0 Å². The minimum atomic E-state index is -0.346. The second kappa shape index (κ2) is 8.82. The molecule has 1 aliphatic rings. The number of amides is 2. The van der Waals surface area contributed by atoms with E-state index in [9.17, 15) is 9.18 Å². The van der Waals surface area contributed by atoms with Crippen LogP contribution in [-0.4, -0.2) is 22.1 Å². The highest BCUT2D eigenvalue weighted by Gasteiger charge is 2.33. The number of halogens is 1. The van der Waals surface area contributed by atoms with Crippen molar-refractivity contribution in [3.8, 4) is 11.4 Å². The Labute approximate surface area is 192 Å². The summed E-state index contributed by atoms with van der Waals surface area (Å²) in [5, 5.41) is 2.94. The van der Waals surface area contributed by atoms with Crippen LogP contribution in [0.5, 0.6) is 5.75 Å². The van der Waals surface area contributed by atoms with Crippen molar-refractivity contribution >= 4 is 11.7 Å². The topological polar surface area (TPSA) is 46.5 Å². The molecule has 5 nitrogen and oxygen atoms in total. The Morgan fingerprint density at radius 3 is 2.52 bits per heavy atom. The van der Waals surface area contributed by atoms with Gasteiger partial charge in [-0.15, -0.1) is 0 Å². The SMILES string of the molecule is CCOc1ccc([C@@H]2c3cccn3-c3ccccc3CN2C(=O)Nc2ccc(F)cc2)cc1. The number of urea groups is 1. The molecule has 0 spiro atoms. The van der Waals surface area contributed by atoms with Gasteiger partial charge in [-0.25, -0.2) is 9.18 Å². The van der Waals surface area contributed by atoms with E-state index in [0.29, 0.717) is 18.8 Å². The molecule has 0 bridgehead atoms. The second-order valence-corrected chi connectivity index (χ2v) is 7.90. The molecular weight excluding hydrogens is 417 g/mol. The minimum absolute atomic E-state index is 0.259. The van der Waals surface area contributed by atoms with Gasteiger partial charge in [0.05, 0.1) is 24.9 Å². The molecule has 0 saturated heterocycles. The number of para-hydroxylation sites is 1. The summed E-state index contributed by atoms with van der Waals surface area (Å²) in [7, 11) is 0. The van der Waals surface area contributed by atoms with Gasteiger partial charge in [0.2, 0.25) is 0 Å². The van der Waals surface area contributed by atoms with Gasteiger partial charge >= 0.3 is 6.03 Å². The maximum atomic E-state index is 13.6. The van der Waals surface area contributed by atoms with E-state index in [1.54, 1.807) is 12.1 Å². The van der Waals surface area contributed by atoms with Gasteiger partial charge in [0, 0.05) is 17.6 Å². The number of benzene rings is 3. The average Bonchev–Trinajstić information content (AvgIpc) is 3.26. The average molecular weight is 442 g/mol. The number of ether oxygens (including phenoxy) is 1. The fourth-order valence-electron chi connectivity index (χ4n) is 4.33. The Morgan fingerprint density at radius 1 is 1.00 bits per heavy atom. The molecule has 5 rings (SSSR count). The summed E-state index contributed by atoms with van der Waals surface area (Å²) in [6.07, 6.45) is 2.02. The van der Waals surface area contributed by atoms with Crippen LogP contribution in [0.25, 0.3) is 5.69 Å². The smallest absolute Gasteiger partial charge is 0.322 e. The predicted molar refractivity (Wildman–Crippen MR) is 126 cm³/mol. The molecule has 1 aromatic heterocycles. The van der Waals surface area contributed by atoms with Crippen LogP contribution in [0.15, 0.2) is 91.1 Å². The van der Waals surface area contributed by atoms with Gasteiger partial charge in [0.25, 0.3) is 0 Å². The lowest BCUT2D eigenvalue weighted by Gasteiger charge is -2.31. The summed E-state index contributed by atoms with van der Waals surface area (Å²) in [6.45, 7) is 2.96. The fraction of sp³-hybridized carbons (Fsp3) is 0.148. The molecule has 2 amide bonds. The third-order valence-electron chi connectivity index (χ3n) is 5.83. The van der Waals surface area contributed by atoms with E-state index in [2.05, 4.69) is 16.0 Å². The number of nitrogens with one attached hydrogen (secondary N) is 1. The summed E-state index contributed by atoms with van der Waals surface area (Å²) in [5.41, 5.74) is 4.58. The molecule has 2 heterocycles. The van der Waals surface area contributed by atoms with Crippen molar-refractivity contribution in [1.29, 1.82) is 0 Å². The lowest BCUT2D eigenvalue weighted by Crippen LogP contribution is -2.37. The molecule has 0 unspecified atom stereocenters. The number of hydrogen-bond donors (Lipinski definition) is 1. The number of anilines is 1. The van der Waals surface area contributed by atoms with Gasteiger partial charge in [-0.05, 0) is 72.6 Å². The van der Waals surface area contributed by atoms with Gasteiger partial charge in [0.15, 0.2) is 0 Å². The number of rotatable bonds is 4. The summed E-state index contributed by atoms with van der Waals surface area (Å²) in [5.74, 6) is 0.442. The van der Waals surface area contributed by atoms with Crippen molar-refractivity contribution in [2.75, 3.05) is 11.9 Å². The van der Waals surface area contributed by atoms with Gasteiger partial charge < -0.3 is 19.5 Å². The molecule has 33 heavy (non-hydrogen) atoms. The molecule has 0 radical (unpaired) electrons. The molecule has 166 valence electrons. The first-order chi connectivity index (χ1) is 16.1. The molecule has 0 saturated carbocycles. The molecule has 1 atom stereocenters. The first-order valence-electron chi connectivity index (χ1n) is 11.0. The van der Waals surface area contributed by atoms with Crippen molar-refractivity contribution in [3.05, 3.63) is 114 Å². The van der Waals surface area contributed by atoms with Crippen molar-refractivity contribution in [2.45, 2.75) is 19.5 Å². The predicted octanol–water partition coefficient (Wildman–Crippen LogP) is 6.15. The first-order valence-corrected chi connectivity index (χ1v) is 11.0. The zero-order valence-electron chi connectivity index (χ0n) is 18.2. The lowest BCUT2D eigenvalue weighted by molar-refractivity contribution is 0.194. The fourth-order valence-corrected chi connectivity index (χ4v) is 4.33. The van der Waals surface area contributed by atoms with Crippen LogP contribution in [0.4, 0.5) is 14.9 Å². The number of fused-ring (bicyclic) bond motifs is 3. The summed E-state index contributed by atoms with van der Waals surface area (Å²) in [6, 6.07) is 25.2. The summed E-state index contributed by atoms with van der Waals surface area (Å²) < 4.78 is 21.1. The van der Waals surface area contributed by atoms with E-state index in [1.807, 2.05) is 72.6 Å². The van der Waals surface area contributed by atoms with Gasteiger partial charge in [0.1, 0.15) is 11.6 Å². The van der Waals surface area contributed by atoms with Gasteiger partial charge in [-0.2, -0.15) is 0 Å². The third-order valence-corrected chi connectivity index (χ3v) is 5.83. The van der Waals surface area contributed by atoms with E-state index in [4.69, 9.17) is 4.74 Å². The number of hydrogen-bond acceptors (Lipinski definition) is 2. The monoisotopic (exact) mass is 441 g/mol. The molecule has 0 aliphatic carbocycles. The normalized spacial score (nSPS) is 14.7. The van der Waals surface area contributed by atoms with Crippen molar-refractivity contribution < 1.29 is 13.9 Å². The molecule has 1 N–H and O–H groups in total. The van der Waals surface area contributed by atoms with Crippen LogP contribution in [0.2, 0.25) is 0 Å². The standard InChI is InChI=1S/C27H24FN3O2/c1-2-33-23-15-9-19(10-16-23)26-25-8-5-17-30(25)24-7-4-3-6-20(24)18-31(26)27(32)29-22-13-11-21(28)12-14-22/h3-17,26H,2,18H2,1H3,(H,29,32)/t26-/m1/s1. The van der Waals surface area contributed by atoms with Gasteiger partial charge in [-0.1, -0.05) is 30.3 Å². The zero-order valence-corrected chi connectivity index (χ0v) is 18.2. The molecule has 1 aliphatic heterocycles. The Morgan fingerprint density at radius 2 is 1.76 bits per heavy atom. The van der Waals surface area contributed by atoms with E-state index >= 15 is 0 Å². The largest absolute Gasteiger partial charge is 0.494 e. The van der Waals surface area contributed by atoms with Gasteiger partial charge in [-0.3, -0.25) is 0 Å².